The largest absolute Gasteiger partial charge is 4.00 e. The van der Waals surface area contributed by atoms with Gasteiger partial charge < -0.3 is 7.43 Å². The Kier molecular flexibility index (Phi) is 12.8. The molecular formula is C41H44Hf. The first-order valence-electron chi connectivity index (χ1n) is 14.1. The standard InChI is InChI=1S/C21H25.C14H11.C5H5.CH3.Hf/c1-20(2,3)16-7-9-18-14(12-16)11-15-13-17(21(4,5)6)8-10-19(15)18;1-12(13-8-4-2-5-9-13)14-10-6-3-7-11-14;1-2-4-5-3-1;;/h7-10,12H,11H2,1-6H3;1-11H;1-5H;1H3;/q4*-1;+4. The van der Waals surface area contributed by atoms with Gasteiger partial charge in [0.1, 0.15) is 0 Å². The van der Waals surface area contributed by atoms with Crippen LogP contribution < -0.4 is 0 Å². The molecule has 0 unspecified atom stereocenters. The molecule has 1 heteroatoms. The van der Waals surface area contributed by atoms with Crippen LogP contribution in [-0.2, 0) is 43.1 Å². The molecule has 0 heterocycles. The maximum atomic E-state index is 6.03. The number of fused-ring (bicyclic) bond motifs is 3. The van der Waals surface area contributed by atoms with Gasteiger partial charge in [-0.1, -0.05) is 102 Å². The van der Waals surface area contributed by atoms with Gasteiger partial charge in [-0.05, 0) is 28.4 Å². The van der Waals surface area contributed by atoms with Gasteiger partial charge in [-0.15, -0.1) is 46.5 Å². The fourth-order valence-electron chi connectivity index (χ4n) is 4.75. The third-order valence-electron chi connectivity index (χ3n) is 7.19. The molecule has 0 nitrogen and oxygen atoms in total. The van der Waals surface area contributed by atoms with Crippen LogP contribution in [0.5, 0.6) is 0 Å². The monoisotopic (exact) mass is 716 g/mol. The van der Waals surface area contributed by atoms with Gasteiger partial charge in [-0.25, -0.2) is 18.7 Å². The number of hydrogen-bond donors (Lipinski definition) is 0. The van der Waals surface area contributed by atoms with Crippen molar-refractivity contribution in [1.29, 1.82) is 0 Å². The SMILES string of the molecule is CC(C)(C)c1[c-]c2c(cc1)-c1ccc(C(C)(C)C)cc1C2.[CH-]=C(c1ccccc1)c1ccccc1.[CH3-].[Hf+4].c1cc[cH-]c1. The fourth-order valence-corrected chi connectivity index (χ4v) is 4.75. The van der Waals surface area contributed by atoms with Crippen LogP contribution in [0.4, 0.5) is 0 Å². The molecule has 0 spiro atoms. The van der Waals surface area contributed by atoms with E-state index in [0.717, 1.165) is 23.1 Å². The zero-order chi connectivity index (χ0) is 28.8. The molecule has 0 N–H and O–H groups in total. The van der Waals surface area contributed by atoms with Crippen molar-refractivity contribution in [2.45, 2.75) is 58.8 Å². The van der Waals surface area contributed by atoms with E-state index in [4.69, 9.17) is 6.58 Å². The van der Waals surface area contributed by atoms with Crippen LogP contribution in [0, 0.1) is 20.1 Å². The molecule has 0 saturated heterocycles. The molecule has 6 rings (SSSR count). The predicted octanol–water partition coefficient (Wildman–Crippen LogP) is 11.1. The van der Waals surface area contributed by atoms with Crippen LogP contribution in [0.25, 0.3) is 16.7 Å². The zero-order valence-corrected chi connectivity index (χ0v) is 29.9. The van der Waals surface area contributed by atoms with E-state index in [2.05, 4.69) is 77.9 Å². The van der Waals surface area contributed by atoms with Crippen LogP contribution in [-0.4, -0.2) is 0 Å². The smallest absolute Gasteiger partial charge is 0.358 e. The van der Waals surface area contributed by atoms with Crippen molar-refractivity contribution in [2.75, 3.05) is 0 Å². The molecule has 1 aliphatic rings. The second-order valence-electron chi connectivity index (χ2n) is 12.4. The Labute approximate surface area is 274 Å². The van der Waals surface area contributed by atoms with Gasteiger partial charge in [0.05, 0.1) is 0 Å². The van der Waals surface area contributed by atoms with Crippen molar-refractivity contribution in [3.63, 3.8) is 0 Å². The summed E-state index contributed by atoms with van der Waals surface area (Å²) in [6, 6.07) is 45.2. The van der Waals surface area contributed by atoms with Crippen molar-refractivity contribution in [3.05, 3.63) is 175 Å². The summed E-state index contributed by atoms with van der Waals surface area (Å²) >= 11 is 0. The minimum atomic E-state index is 0. The van der Waals surface area contributed by atoms with E-state index in [1.54, 1.807) is 0 Å². The molecule has 1 aliphatic carbocycles. The summed E-state index contributed by atoms with van der Waals surface area (Å²) in [5.74, 6) is 0. The van der Waals surface area contributed by atoms with Crippen molar-refractivity contribution in [2.24, 2.45) is 0 Å². The van der Waals surface area contributed by atoms with Gasteiger partial charge in [0, 0.05) is 0 Å². The topological polar surface area (TPSA) is 0 Å². The molecule has 0 saturated carbocycles. The van der Waals surface area contributed by atoms with Crippen LogP contribution in [0.3, 0.4) is 0 Å². The van der Waals surface area contributed by atoms with Crippen LogP contribution in [0.1, 0.15) is 74.9 Å². The molecule has 0 aromatic heterocycles. The second kappa shape index (κ2) is 15.4. The molecule has 0 bridgehead atoms. The summed E-state index contributed by atoms with van der Waals surface area (Å²) in [4.78, 5) is 0. The number of benzene rings is 4. The molecule has 0 atom stereocenters. The zero-order valence-electron chi connectivity index (χ0n) is 26.3. The van der Waals surface area contributed by atoms with E-state index < -0.39 is 0 Å². The molecule has 0 fully saturated rings. The van der Waals surface area contributed by atoms with Gasteiger partial charge in [0.2, 0.25) is 0 Å². The molecule has 5 aromatic rings. The predicted molar refractivity (Wildman–Crippen MR) is 179 cm³/mol. The second-order valence-corrected chi connectivity index (χ2v) is 12.4. The van der Waals surface area contributed by atoms with Gasteiger partial charge >= 0.3 is 25.8 Å². The number of rotatable bonds is 2. The molecule has 0 aliphatic heterocycles. The van der Waals surface area contributed by atoms with E-state index in [9.17, 15) is 0 Å². The van der Waals surface area contributed by atoms with E-state index in [0.29, 0.717) is 0 Å². The van der Waals surface area contributed by atoms with E-state index >= 15 is 0 Å². The summed E-state index contributed by atoms with van der Waals surface area (Å²) in [6.45, 7) is 19.6. The molecule has 212 valence electrons. The van der Waals surface area contributed by atoms with Gasteiger partial charge in [0.25, 0.3) is 0 Å². The summed E-state index contributed by atoms with van der Waals surface area (Å²) in [5, 5.41) is 0. The van der Waals surface area contributed by atoms with Crippen molar-refractivity contribution in [3.8, 4) is 11.1 Å². The fraction of sp³-hybridized carbons (Fsp3) is 0.220. The minimum absolute atomic E-state index is 0. The summed E-state index contributed by atoms with van der Waals surface area (Å²) in [7, 11) is 0. The first-order chi connectivity index (χ1) is 19.0. The Hall–Kier alpha value is -3.16. The maximum Gasteiger partial charge on any atom is 4.00 e. The third-order valence-corrected chi connectivity index (χ3v) is 7.19. The summed E-state index contributed by atoms with van der Waals surface area (Å²) in [5.41, 5.74) is 11.7. The Balaban J connectivity index is 0.000000253. The van der Waals surface area contributed by atoms with Crippen molar-refractivity contribution >= 4 is 5.57 Å². The minimum Gasteiger partial charge on any atom is -0.358 e. The van der Waals surface area contributed by atoms with E-state index in [-0.39, 0.29) is 44.1 Å². The molecule has 5 aromatic carbocycles. The van der Waals surface area contributed by atoms with Gasteiger partial charge in [0.15, 0.2) is 0 Å². The third kappa shape index (κ3) is 9.17. The molecule has 0 amide bonds. The Morgan fingerprint density at radius 3 is 1.64 bits per heavy atom. The quantitative estimate of drug-likeness (QED) is 0.124. The first-order valence-corrected chi connectivity index (χ1v) is 14.1. The average Bonchev–Trinajstić information content (AvgIpc) is 3.64. The van der Waals surface area contributed by atoms with Gasteiger partial charge in [-0.2, -0.15) is 47.5 Å². The van der Waals surface area contributed by atoms with Crippen LogP contribution in [0.2, 0.25) is 0 Å². The van der Waals surface area contributed by atoms with Crippen LogP contribution in [0.15, 0.2) is 121 Å². The number of hydrogen-bond acceptors (Lipinski definition) is 0. The first kappa shape index (κ1) is 35.0. The van der Waals surface area contributed by atoms with Crippen molar-refractivity contribution < 1.29 is 25.8 Å². The van der Waals surface area contributed by atoms with Gasteiger partial charge in [-0.3, -0.25) is 0 Å². The Morgan fingerprint density at radius 2 is 1.19 bits per heavy atom. The Bertz CT molecular complexity index is 1390. The van der Waals surface area contributed by atoms with E-state index in [1.165, 1.54) is 33.4 Å². The van der Waals surface area contributed by atoms with E-state index in [1.807, 2.05) is 91.0 Å². The molecule has 0 radical (unpaired) electrons. The van der Waals surface area contributed by atoms with Crippen molar-refractivity contribution in [1.82, 2.24) is 0 Å². The normalized spacial score (nSPS) is 11.2. The summed E-state index contributed by atoms with van der Waals surface area (Å²) in [6.07, 6.45) is 1.03. The maximum absolute atomic E-state index is 6.03. The molecule has 42 heavy (non-hydrogen) atoms. The molecular weight excluding hydrogens is 671 g/mol. The summed E-state index contributed by atoms with van der Waals surface area (Å²) < 4.78 is 0. The van der Waals surface area contributed by atoms with Crippen LogP contribution >= 0.6 is 0 Å². The Morgan fingerprint density at radius 1 is 0.667 bits per heavy atom. The average molecular weight is 715 g/mol.